The first-order valence-corrected chi connectivity index (χ1v) is 19.9. The van der Waals surface area contributed by atoms with Gasteiger partial charge in [-0.05, 0) is 108 Å². The van der Waals surface area contributed by atoms with Crippen LogP contribution in [0.4, 0.5) is 0 Å². The third kappa shape index (κ3) is 5.88. The van der Waals surface area contributed by atoms with Crippen LogP contribution < -0.4 is 0 Å². The summed E-state index contributed by atoms with van der Waals surface area (Å²) in [6.07, 6.45) is 0. The molecule has 2 heteroatoms. The van der Waals surface area contributed by atoms with E-state index in [-0.39, 0.29) is 30.9 Å². The van der Waals surface area contributed by atoms with Crippen molar-refractivity contribution in [1.82, 2.24) is 4.98 Å². The van der Waals surface area contributed by atoms with Crippen LogP contribution in [0.3, 0.4) is 0 Å². The van der Waals surface area contributed by atoms with E-state index >= 15 is 0 Å². The van der Waals surface area contributed by atoms with Gasteiger partial charge in [0, 0.05) is 20.1 Å². The molecule has 0 aliphatic heterocycles. The van der Waals surface area contributed by atoms with Gasteiger partial charge in [0.1, 0.15) is 0 Å². The normalized spacial score (nSPS) is 13.5. The maximum atomic E-state index is 5.25. The topological polar surface area (TPSA) is 12.9 Å². The monoisotopic (exact) mass is 913 g/mol. The summed E-state index contributed by atoms with van der Waals surface area (Å²) in [5.74, 6) is 0. The van der Waals surface area contributed by atoms with Crippen LogP contribution in [-0.2, 0) is 36.4 Å². The maximum absolute atomic E-state index is 5.25. The number of nitrogens with zero attached hydrogens (tertiary/aromatic N) is 1. The van der Waals surface area contributed by atoms with Crippen molar-refractivity contribution in [3.8, 4) is 55.8 Å². The SMILES string of the molecule is Cc1ccc(-c2ccc3nc(-c4[c-]cc5c(c4)C4(c6ccccc6-c6ccccc64)c4cc(-c6cc(C(C)(C)C)cc(C(C)(C)C)c6)ccc4-5)ccc3c2)cc1.[Ir]. The van der Waals surface area contributed by atoms with Gasteiger partial charge in [0.25, 0.3) is 0 Å². The van der Waals surface area contributed by atoms with Crippen molar-refractivity contribution in [3.63, 3.8) is 0 Å². The first-order valence-electron chi connectivity index (χ1n) is 19.9. The number of pyridine rings is 1. The second-order valence-electron chi connectivity index (χ2n) is 18.0. The minimum Gasteiger partial charge on any atom is -0.296 e. The van der Waals surface area contributed by atoms with Crippen LogP contribution in [0, 0.1) is 13.0 Å². The molecule has 1 radical (unpaired) electrons. The Kier molecular flexibility index (Phi) is 8.70. The first kappa shape index (κ1) is 37.2. The minimum atomic E-state index is -0.480. The first-order chi connectivity index (χ1) is 26.9. The zero-order valence-electron chi connectivity index (χ0n) is 33.7. The average molecular weight is 913 g/mol. The summed E-state index contributed by atoms with van der Waals surface area (Å²) in [6.45, 7) is 16.0. The van der Waals surface area contributed by atoms with E-state index in [4.69, 9.17) is 4.98 Å². The molecule has 0 unspecified atom stereocenters. The largest absolute Gasteiger partial charge is 0.296 e. The number of benzene rings is 7. The number of hydrogen-bond donors (Lipinski definition) is 0. The molecule has 1 heterocycles. The molecule has 10 rings (SSSR count). The van der Waals surface area contributed by atoms with E-state index in [1.807, 2.05) is 0 Å². The molecule has 0 saturated carbocycles. The van der Waals surface area contributed by atoms with Crippen LogP contribution >= 0.6 is 0 Å². The molecular weight excluding hydrogens is 867 g/mol. The van der Waals surface area contributed by atoms with Crippen molar-refractivity contribution in [3.05, 3.63) is 197 Å². The summed E-state index contributed by atoms with van der Waals surface area (Å²) < 4.78 is 0. The fraction of sp³-hybridized carbons (Fsp3) is 0.182. The molecule has 0 bridgehead atoms. The van der Waals surface area contributed by atoms with Crippen molar-refractivity contribution in [2.24, 2.45) is 0 Å². The smallest absolute Gasteiger partial charge is 0.0595 e. The van der Waals surface area contributed by atoms with Crippen LogP contribution in [0.2, 0.25) is 0 Å². The quantitative estimate of drug-likeness (QED) is 0.161. The Morgan fingerprint density at radius 3 is 1.68 bits per heavy atom. The molecule has 0 atom stereocenters. The fourth-order valence-electron chi connectivity index (χ4n) is 9.26. The van der Waals surface area contributed by atoms with Gasteiger partial charge in [0.05, 0.1) is 10.9 Å². The summed E-state index contributed by atoms with van der Waals surface area (Å²) in [6, 6.07) is 60.6. The molecule has 2 aliphatic rings. The van der Waals surface area contributed by atoms with Crippen molar-refractivity contribution < 1.29 is 20.1 Å². The van der Waals surface area contributed by atoms with Crippen LogP contribution in [0.5, 0.6) is 0 Å². The minimum absolute atomic E-state index is 0. The summed E-state index contributed by atoms with van der Waals surface area (Å²) in [7, 11) is 0. The van der Waals surface area contributed by atoms with Crippen LogP contribution in [0.25, 0.3) is 66.7 Å². The Hall–Kier alpha value is -5.40. The maximum Gasteiger partial charge on any atom is 0.0595 e. The Morgan fingerprint density at radius 1 is 0.474 bits per heavy atom. The standard InChI is InChI=1S/C55H46N.Ir/c1-34-16-18-35(19-17-34)36-22-26-51-38(28-36)23-27-52(56-51)39-21-25-46-45-24-20-37(40-29-41(53(2,3)4)33-42(30-40)54(5,6)7)31-49(45)55(50(46)32-39)47-14-10-8-12-43(47)44-13-9-11-15-48(44)55;/h8-20,22-33H,1-7H3;/q-1;. The second kappa shape index (κ2) is 13.3. The van der Waals surface area contributed by atoms with E-state index in [1.165, 1.54) is 83.5 Å². The van der Waals surface area contributed by atoms with E-state index < -0.39 is 5.41 Å². The average Bonchev–Trinajstić information content (AvgIpc) is 3.66. The molecule has 57 heavy (non-hydrogen) atoms. The Morgan fingerprint density at radius 2 is 1.04 bits per heavy atom. The molecule has 1 aromatic heterocycles. The number of aromatic nitrogens is 1. The summed E-state index contributed by atoms with van der Waals surface area (Å²) in [5.41, 5.74) is 21.9. The zero-order chi connectivity index (χ0) is 38.6. The molecule has 2 aliphatic carbocycles. The molecule has 0 saturated heterocycles. The van der Waals surface area contributed by atoms with Crippen molar-refractivity contribution in [1.29, 1.82) is 0 Å². The van der Waals surface area contributed by atoms with Crippen molar-refractivity contribution in [2.45, 2.75) is 64.7 Å². The molecule has 1 spiro atoms. The van der Waals surface area contributed by atoms with Gasteiger partial charge in [0.15, 0.2) is 0 Å². The molecule has 7 aromatic carbocycles. The predicted octanol–water partition coefficient (Wildman–Crippen LogP) is 14.3. The summed E-state index contributed by atoms with van der Waals surface area (Å²) in [5, 5.41) is 1.13. The Bertz CT molecular complexity index is 2800. The van der Waals surface area contributed by atoms with E-state index in [1.54, 1.807) is 0 Å². The number of fused-ring (bicyclic) bond motifs is 11. The zero-order valence-corrected chi connectivity index (χ0v) is 36.1. The predicted molar refractivity (Wildman–Crippen MR) is 235 cm³/mol. The second-order valence-corrected chi connectivity index (χ2v) is 18.0. The molecule has 8 aromatic rings. The van der Waals surface area contributed by atoms with E-state index in [0.717, 1.165) is 22.2 Å². The third-order valence-corrected chi connectivity index (χ3v) is 12.4. The molecule has 1 nitrogen and oxygen atoms in total. The van der Waals surface area contributed by atoms with Crippen LogP contribution in [-0.4, -0.2) is 4.98 Å². The number of aryl methyl sites for hydroxylation is 1. The van der Waals surface area contributed by atoms with E-state index in [0.29, 0.717) is 0 Å². The van der Waals surface area contributed by atoms with Gasteiger partial charge in [-0.2, -0.15) is 0 Å². The molecular formula is C55H46IrN-. The van der Waals surface area contributed by atoms with E-state index in [2.05, 4.69) is 206 Å². The van der Waals surface area contributed by atoms with Gasteiger partial charge in [0.2, 0.25) is 0 Å². The van der Waals surface area contributed by atoms with Gasteiger partial charge in [-0.1, -0.05) is 180 Å². The van der Waals surface area contributed by atoms with E-state index in [9.17, 15) is 0 Å². The Labute approximate surface area is 351 Å². The van der Waals surface area contributed by atoms with Gasteiger partial charge in [-0.15, -0.1) is 29.3 Å². The summed E-state index contributed by atoms with van der Waals surface area (Å²) in [4.78, 5) is 5.25. The van der Waals surface area contributed by atoms with Crippen LogP contribution in [0.1, 0.15) is 80.5 Å². The summed E-state index contributed by atoms with van der Waals surface area (Å²) >= 11 is 0. The molecule has 0 amide bonds. The molecule has 0 fully saturated rings. The Balaban J connectivity index is 0.00000422. The number of rotatable bonds is 3. The third-order valence-electron chi connectivity index (χ3n) is 12.4. The van der Waals surface area contributed by atoms with Gasteiger partial charge in [-0.3, -0.25) is 4.98 Å². The molecule has 0 N–H and O–H groups in total. The molecule has 281 valence electrons. The van der Waals surface area contributed by atoms with Crippen molar-refractivity contribution >= 4 is 10.9 Å². The van der Waals surface area contributed by atoms with Gasteiger partial charge in [-0.25, -0.2) is 0 Å². The number of hydrogen-bond acceptors (Lipinski definition) is 1. The van der Waals surface area contributed by atoms with Gasteiger partial charge >= 0.3 is 0 Å². The van der Waals surface area contributed by atoms with Gasteiger partial charge < -0.3 is 0 Å². The fourth-order valence-corrected chi connectivity index (χ4v) is 9.26. The van der Waals surface area contributed by atoms with Crippen LogP contribution in [0.15, 0.2) is 152 Å². The van der Waals surface area contributed by atoms with Crippen molar-refractivity contribution in [2.75, 3.05) is 0 Å².